The van der Waals surface area contributed by atoms with Gasteiger partial charge in [-0.15, -0.1) is 0 Å². The Morgan fingerprint density at radius 1 is 0.534 bits per heavy atom. The van der Waals surface area contributed by atoms with E-state index < -0.39 is 18.2 Å². The molecule has 336 valence electrons. The maximum atomic E-state index is 13.1. The van der Waals surface area contributed by atoms with E-state index in [0.29, 0.717) is 19.3 Å². The number of carbonyl (C=O) groups is 2. The van der Waals surface area contributed by atoms with Crippen LogP contribution in [0.15, 0.2) is 60.8 Å². The van der Waals surface area contributed by atoms with Crippen molar-refractivity contribution < 1.29 is 24.5 Å². The number of rotatable bonds is 43. The molecule has 0 aliphatic carbocycles. The van der Waals surface area contributed by atoms with E-state index in [1.807, 2.05) is 0 Å². The SMILES string of the molecule is CC/C=C/C/C=C/C/C=C/CCCCC(CC(=O)NC(CO)C(O)CCCCCCCCCCC)OC(=O)CCCCCCC/C=C/C=C/CCCCCCCCC. The summed E-state index contributed by atoms with van der Waals surface area (Å²) in [6, 6.07) is -0.716. The van der Waals surface area contributed by atoms with E-state index >= 15 is 0 Å². The van der Waals surface area contributed by atoms with Gasteiger partial charge in [0.05, 0.1) is 25.2 Å². The zero-order valence-electron chi connectivity index (χ0n) is 38.2. The Morgan fingerprint density at radius 3 is 1.53 bits per heavy atom. The highest BCUT2D eigenvalue weighted by Crippen LogP contribution is 2.17. The van der Waals surface area contributed by atoms with Gasteiger partial charge in [0.1, 0.15) is 6.10 Å². The summed E-state index contributed by atoms with van der Waals surface area (Å²) < 4.78 is 5.89. The van der Waals surface area contributed by atoms with E-state index in [0.717, 1.165) is 96.3 Å². The van der Waals surface area contributed by atoms with E-state index in [1.54, 1.807) is 0 Å². The topological polar surface area (TPSA) is 95.9 Å². The predicted octanol–water partition coefficient (Wildman–Crippen LogP) is 14.5. The van der Waals surface area contributed by atoms with Crippen LogP contribution in [0.1, 0.15) is 233 Å². The van der Waals surface area contributed by atoms with Gasteiger partial charge in [0.2, 0.25) is 5.91 Å². The van der Waals surface area contributed by atoms with Crippen LogP contribution in [-0.2, 0) is 14.3 Å². The average molecular weight is 812 g/mol. The lowest BCUT2D eigenvalue weighted by atomic mass is 10.0. The van der Waals surface area contributed by atoms with Crippen LogP contribution in [0.4, 0.5) is 0 Å². The fraction of sp³-hybridized carbons (Fsp3) is 0.769. The molecule has 0 saturated heterocycles. The number of hydrogen-bond acceptors (Lipinski definition) is 5. The Morgan fingerprint density at radius 2 is 0.983 bits per heavy atom. The fourth-order valence-corrected chi connectivity index (χ4v) is 7.14. The number of nitrogens with one attached hydrogen (secondary N) is 1. The monoisotopic (exact) mass is 812 g/mol. The number of unbranched alkanes of at least 4 members (excludes halogenated alkanes) is 22. The first-order valence-electron chi connectivity index (χ1n) is 24.5. The fourth-order valence-electron chi connectivity index (χ4n) is 7.14. The molecular weight excluding hydrogens is 719 g/mol. The number of hydrogen-bond donors (Lipinski definition) is 3. The van der Waals surface area contributed by atoms with Crippen LogP contribution in [0, 0.1) is 0 Å². The van der Waals surface area contributed by atoms with Gasteiger partial charge >= 0.3 is 5.97 Å². The molecule has 3 unspecified atom stereocenters. The lowest BCUT2D eigenvalue weighted by molar-refractivity contribution is -0.151. The van der Waals surface area contributed by atoms with E-state index in [4.69, 9.17) is 4.74 Å². The molecule has 58 heavy (non-hydrogen) atoms. The highest BCUT2D eigenvalue weighted by atomic mass is 16.5. The van der Waals surface area contributed by atoms with Gasteiger partial charge in [0.25, 0.3) is 0 Å². The van der Waals surface area contributed by atoms with Crippen LogP contribution in [0.2, 0.25) is 0 Å². The highest BCUT2D eigenvalue weighted by molar-refractivity contribution is 5.77. The highest BCUT2D eigenvalue weighted by Gasteiger charge is 2.24. The van der Waals surface area contributed by atoms with Crippen LogP contribution in [0.3, 0.4) is 0 Å². The maximum absolute atomic E-state index is 13.1. The Labute approximate surface area is 358 Å². The third kappa shape index (κ3) is 40.3. The van der Waals surface area contributed by atoms with Crippen LogP contribution in [-0.4, -0.2) is 46.9 Å². The van der Waals surface area contributed by atoms with Gasteiger partial charge in [-0.2, -0.15) is 0 Å². The molecule has 0 heterocycles. The molecule has 0 fully saturated rings. The second-order valence-electron chi connectivity index (χ2n) is 16.5. The minimum absolute atomic E-state index is 0.0436. The molecule has 1 amide bonds. The smallest absolute Gasteiger partial charge is 0.306 e. The molecular formula is C52H93NO5. The Hall–Kier alpha value is -2.44. The second-order valence-corrected chi connectivity index (χ2v) is 16.5. The second kappa shape index (κ2) is 45.6. The Balaban J connectivity index is 4.61. The summed E-state index contributed by atoms with van der Waals surface area (Å²) in [4.78, 5) is 26.0. The van der Waals surface area contributed by atoms with Gasteiger partial charge in [-0.3, -0.25) is 9.59 Å². The van der Waals surface area contributed by atoms with Crippen molar-refractivity contribution in [3.63, 3.8) is 0 Å². The van der Waals surface area contributed by atoms with Crippen LogP contribution in [0.5, 0.6) is 0 Å². The summed E-state index contributed by atoms with van der Waals surface area (Å²) in [5, 5.41) is 23.6. The van der Waals surface area contributed by atoms with Crippen LogP contribution >= 0.6 is 0 Å². The van der Waals surface area contributed by atoms with Gasteiger partial charge in [-0.1, -0.05) is 197 Å². The molecule has 3 atom stereocenters. The molecule has 3 N–H and O–H groups in total. The summed E-state index contributed by atoms with van der Waals surface area (Å²) in [6.07, 6.45) is 55.7. The van der Waals surface area contributed by atoms with Gasteiger partial charge in [0.15, 0.2) is 0 Å². The quantitative estimate of drug-likeness (QED) is 0.0247. The van der Waals surface area contributed by atoms with Gasteiger partial charge in [0, 0.05) is 6.42 Å². The normalized spacial score (nSPS) is 13.8. The van der Waals surface area contributed by atoms with Crippen molar-refractivity contribution in [1.29, 1.82) is 0 Å². The minimum Gasteiger partial charge on any atom is -0.462 e. The minimum atomic E-state index is -0.800. The molecule has 0 aromatic rings. The predicted molar refractivity (Wildman–Crippen MR) is 250 cm³/mol. The van der Waals surface area contributed by atoms with E-state index in [2.05, 4.69) is 86.8 Å². The van der Waals surface area contributed by atoms with Crippen molar-refractivity contribution >= 4 is 11.9 Å². The number of amides is 1. The average Bonchev–Trinajstić information content (AvgIpc) is 3.22. The van der Waals surface area contributed by atoms with Gasteiger partial charge in [-0.25, -0.2) is 0 Å². The van der Waals surface area contributed by atoms with Crippen LogP contribution < -0.4 is 5.32 Å². The van der Waals surface area contributed by atoms with Crippen molar-refractivity contribution in [1.82, 2.24) is 5.32 Å². The summed E-state index contributed by atoms with van der Waals surface area (Å²) in [5.41, 5.74) is 0. The standard InChI is InChI=1S/C52H93NO5/c1-4-7-10-13-16-19-21-23-24-25-26-27-28-30-33-36-39-42-45-52(57)58-48(43-40-37-34-32-29-22-20-17-14-11-8-5-2)46-51(56)53-49(47-54)50(55)44-41-38-35-31-18-15-12-9-6-3/h8,11,17,20,24-27,29,32,48-50,54-55H,4-7,9-10,12-16,18-19,21-23,28,30-31,33-47H2,1-3H3,(H,53,56)/b11-8+,20-17+,25-24+,27-26+,32-29+. The number of carbonyl (C=O) groups excluding carboxylic acids is 2. The number of allylic oxidation sites excluding steroid dienone is 10. The Bertz CT molecular complexity index is 1050. The number of aliphatic hydroxyl groups is 2. The number of esters is 1. The first-order valence-corrected chi connectivity index (χ1v) is 24.5. The molecule has 0 radical (unpaired) electrons. The van der Waals surface area contributed by atoms with Gasteiger partial charge < -0.3 is 20.3 Å². The zero-order valence-corrected chi connectivity index (χ0v) is 38.2. The largest absolute Gasteiger partial charge is 0.462 e. The number of ether oxygens (including phenoxy) is 1. The maximum Gasteiger partial charge on any atom is 0.306 e. The third-order valence-electron chi connectivity index (χ3n) is 10.9. The van der Waals surface area contributed by atoms with E-state index in [1.165, 1.54) is 89.9 Å². The zero-order chi connectivity index (χ0) is 42.4. The third-order valence-corrected chi connectivity index (χ3v) is 10.9. The molecule has 6 heteroatoms. The summed E-state index contributed by atoms with van der Waals surface area (Å²) >= 11 is 0. The Kier molecular flexibility index (Phi) is 43.7. The molecule has 0 rings (SSSR count). The molecule has 0 bridgehead atoms. The van der Waals surface area contributed by atoms with Gasteiger partial charge in [-0.05, 0) is 83.5 Å². The molecule has 6 nitrogen and oxygen atoms in total. The summed E-state index contributed by atoms with van der Waals surface area (Å²) in [7, 11) is 0. The first kappa shape index (κ1) is 55.6. The molecule has 0 aromatic carbocycles. The number of aliphatic hydroxyl groups excluding tert-OH is 2. The first-order chi connectivity index (χ1) is 28.5. The summed E-state index contributed by atoms with van der Waals surface area (Å²) in [5.74, 6) is -0.533. The molecule has 0 spiro atoms. The molecule has 0 saturated carbocycles. The van der Waals surface area contributed by atoms with Crippen molar-refractivity contribution in [3.05, 3.63) is 60.8 Å². The molecule has 0 aromatic heterocycles. The van der Waals surface area contributed by atoms with E-state index in [-0.39, 0.29) is 24.9 Å². The van der Waals surface area contributed by atoms with E-state index in [9.17, 15) is 19.8 Å². The van der Waals surface area contributed by atoms with Crippen molar-refractivity contribution in [2.24, 2.45) is 0 Å². The lowest BCUT2D eigenvalue weighted by Crippen LogP contribution is -2.46. The van der Waals surface area contributed by atoms with Crippen molar-refractivity contribution in [2.45, 2.75) is 251 Å². The molecule has 0 aliphatic rings. The lowest BCUT2D eigenvalue weighted by Gasteiger charge is -2.24. The van der Waals surface area contributed by atoms with Crippen LogP contribution in [0.25, 0.3) is 0 Å². The van der Waals surface area contributed by atoms with Crippen molar-refractivity contribution in [3.8, 4) is 0 Å². The summed E-state index contributed by atoms with van der Waals surface area (Å²) in [6.45, 7) is 6.32. The molecule has 0 aliphatic heterocycles. The van der Waals surface area contributed by atoms with Crippen molar-refractivity contribution in [2.75, 3.05) is 6.61 Å².